The number of carboxylic acid groups (broad SMARTS) is 1. The summed E-state index contributed by atoms with van der Waals surface area (Å²) in [6.45, 7) is 1.89. The first kappa shape index (κ1) is 13.7. The number of hydrogen-bond donors (Lipinski definition) is 2. The highest BCUT2D eigenvalue weighted by Gasteiger charge is 2.04. The van der Waals surface area contributed by atoms with Crippen LogP contribution >= 0.6 is 0 Å². The number of carbonyl (C=O) groups is 1. The van der Waals surface area contributed by atoms with Gasteiger partial charge in [0.25, 0.3) is 6.47 Å². The Labute approximate surface area is 90.4 Å². The van der Waals surface area contributed by atoms with Crippen molar-refractivity contribution < 1.29 is 15.0 Å². The Hall–Kier alpha value is -1.35. The first-order valence-electron chi connectivity index (χ1n) is 5.07. The molecule has 0 fully saturated rings. The molecule has 0 aromatic heterocycles. The number of rotatable bonds is 4. The summed E-state index contributed by atoms with van der Waals surface area (Å²) in [5.41, 5.74) is 1.03. The Morgan fingerprint density at radius 2 is 1.87 bits per heavy atom. The third-order valence-corrected chi connectivity index (χ3v) is 2.02. The zero-order valence-corrected chi connectivity index (χ0v) is 8.97. The van der Waals surface area contributed by atoms with Crippen LogP contribution in [0, 0.1) is 0 Å². The normalized spacial score (nSPS) is 11.1. The predicted molar refractivity (Wildman–Crippen MR) is 59.6 cm³/mol. The molecule has 1 unspecified atom stereocenters. The monoisotopic (exact) mass is 210 g/mol. The van der Waals surface area contributed by atoms with Gasteiger partial charge in [-0.1, -0.05) is 50.1 Å². The molecular weight excluding hydrogens is 192 g/mol. The van der Waals surface area contributed by atoms with Crippen LogP contribution in [0.25, 0.3) is 0 Å². The van der Waals surface area contributed by atoms with Crippen LogP contribution in [0.15, 0.2) is 30.3 Å². The van der Waals surface area contributed by atoms with Gasteiger partial charge in [0.05, 0.1) is 6.10 Å². The summed E-state index contributed by atoms with van der Waals surface area (Å²) in [7, 11) is 0. The van der Waals surface area contributed by atoms with E-state index in [0.717, 1.165) is 24.8 Å². The molecular formula is C12H18O3. The van der Waals surface area contributed by atoms with Crippen molar-refractivity contribution >= 4 is 6.47 Å². The molecule has 0 bridgehead atoms. The second-order valence-electron chi connectivity index (χ2n) is 3.17. The molecule has 3 heteroatoms. The summed E-state index contributed by atoms with van der Waals surface area (Å²) in [4.78, 5) is 8.36. The smallest absolute Gasteiger partial charge is 0.290 e. The molecule has 0 radical (unpaired) electrons. The number of hydrogen-bond acceptors (Lipinski definition) is 2. The van der Waals surface area contributed by atoms with Gasteiger partial charge in [-0.05, 0) is 12.0 Å². The molecule has 2 N–H and O–H groups in total. The van der Waals surface area contributed by atoms with E-state index in [2.05, 4.69) is 6.92 Å². The van der Waals surface area contributed by atoms with Crippen LogP contribution in [0.4, 0.5) is 0 Å². The molecule has 1 aromatic carbocycles. The summed E-state index contributed by atoms with van der Waals surface area (Å²) in [6.07, 6.45) is 2.84. The van der Waals surface area contributed by atoms with E-state index in [0.29, 0.717) is 0 Å². The number of unbranched alkanes of at least 4 members (excludes halogenated alkanes) is 1. The van der Waals surface area contributed by atoms with Gasteiger partial charge in [-0.15, -0.1) is 0 Å². The van der Waals surface area contributed by atoms with E-state index in [1.807, 2.05) is 30.3 Å². The molecule has 15 heavy (non-hydrogen) atoms. The Morgan fingerprint density at radius 1 is 1.33 bits per heavy atom. The summed E-state index contributed by atoms with van der Waals surface area (Å²) in [5.74, 6) is 0. The lowest BCUT2D eigenvalue weighted by molar-refractivity contribution is -0.122. The number of benzene rings is 1. The van der Waals surface area contributed by atoms with Crippen LogP contribution in [0.3, 0.4) is 0 Å². The topological polar surface area (TPSA) is 57.5 Å². The van der Waals surface area contributed by atoms with Crippen LogP contribution < -0.4 is 0 Å². The Kier molecular flexibility index (Phi) is 8.39. The maximum Gasteiger partial charge on any atom is 0.290 e. The van der Waals surface area contributed by atoms with E-state index < -0.39 is 0 Å². The first-order chi connectivity index (χ1) is 7.26. The van der Waals surface area contributed by atoms with Gasteiger partial charge < -0.3 is 10.2 Å². The molecule has 3 nitrogen and oxygen atoms in total. The number of aliphatic hydroxyl groups is 1. The van der Waals surface area contributed by atoms with Crippen molar-refractivity contribution in [2.75, 3.05) is 0 Å². The molecule has 0 aliphatic rings. The van der Waals surface area contributed by atoms with Crippen LogP contribution in [0.5, 0.6) is 0 Å². The van der Waals surface area contributed by atoms with Crippen LogP contribution in [0.2, 0.25) is 0 Å². The van der Waals surface area contributed by atoms with Gasteiger partial charge in [0.1, 0.15) is 0 Å². The van der Waals surface area contributed by atoms with Crippen molar-refractivity contribution in [1.29, 1.82) is 0 Å². The van der Waals surface area contributed by atoms with Crippen LogP contribution in [-0.2, 0) is 4.79 Å². The second kappa shape index (κ2) is 9.21. The molecule has 84 valence electrons. The highest BCUT2D eigenvalue weighted by molar-refractivity contribution is 5.32. The zero-order chi connectivity index (χ0) is 11.5. The van der Waals surface area contributed by atoms with Crippen LogP contribution in [0.1, 0.15) is 37.9 Å². The van der Waals surface area contributed by atoms with Gasteiger partial charge >= 0.3 is 0 Å². The summed E-state index contributed by atoms with van der Waals surface area (Å²) >= 11 is 0. The Bertz CT molecular complexity index is 246. The third-order valence-electron chi connectivity index (χ3n) is 2.02. The summed E-state index contributed by atoms with van der Waals surface area (Å²) < 4.78 is 0. The zero-order valence-electron chi connectivity index (χ0n) is 8.97. The Morgan fingerprint density at radius 3 is 2.33 bits per heavy atom. The average molecular weight is 210 g/mol. The third kappa shape index (κ3) is 6.69. The highest BCUT2D eigenvalue weighted by atomic mass is 16.3. The van der Waals surface area contributed by atoms with E-state index in [1.54, 1.807) is 0 Å². The van der Waals surface area contributed by atoms with E-state index >= 15 is 0 Å². The lowest BCUT2D eigenvalue weighted by atomic mass is 10.0. The van der Waals surface area contributed by atoms with Gasteiger partial charge in [0.2, 0.25) is 0 Å². The molecule has 1 rings (SSSR count). The standard InChI is InChI=1S/C11H16O.CH2O2/c1-2-3-9-11(12)10-7-5-4-6-8-10;2-1-3/h4-8,11-12H,2-3,9H2,1H3;1H,(H,2,3). The lowest BCUT2D eigenvalue weighted by Gasteiger charge is -2.09. The molecule has 0 aliphatic heterocycles. The summed E-state index contributed by atoms with van der Waals surface area (Å²) in [5, 5.41) is 16.5. The molecule has 0 saturated heterocycles. The van der Waals surface area contributed by atoms with Crippen molar-refractivity contribution in [1.82, 2.24) is 0 Å². The minimum absolute atomic E-state index is 0.250. The van der Waals surface area contributed by atoms with Gasteiger partial charge in [-0.25, -0.2) is 0 Å². The molecule has 0 saturated carbocycles. The van der Waals surface area contributed by atoms with Crippen molar-refractivity contribution in [2.45, 2.75) is 32.3 Å². The van der Waals surface area contributed by atoms with Gasteiger partial charge in [-0.2, -0.15) is 0 Å². The predicted octanol–water partition coefficient (Wildman–Crippen LogP) is 2.61. The maximum absolute atomic E-state index is 9.65. The van der Waals surface area contributed by atoms with Crippen molar-refractivity contribution in [3.05, 3.63) is 35.9 Å². The SMILES string of the molecule is CCCCC(O)c1ccccc1.O=CO. The minimum atomic E-state index is -0.272. The molecule has 0 amide bonds. The van der Waals surface area contributed by atoms with Crippen molar-refractivity contribution in [3.63, 3.8) is 0 Å². The van der Waals surface area contributed by atoms with Gasteiger partial charge in [0.15, 0.2) is 0 Å². The van der Waals surface area contributed by atoms with Crippen molar-refractivity contribution in [3.8, 4) is 0 Å². The highest BCUT2D eigenvalue weighted by Crippen LogP contribution is 2.17. The fourth-order valence-corrected chi connectivity index (χ4v) is 1.24. The fourth-order valence-electron chi connectivity index (χ4n) is 1.24. The van der Waals surface area contributed by atoms with E-state index in [-0.39, 0.29) is 12.6 Å². The molecule has 1 atom stereocenters. The second-order valence-corrected chi connectivity index (χ2v) is 3.17. The fraction of sp³-hybridized carbons (Fsp3) is 0.417. The lowest BCUT2D eigenvalue weighted by Crippen LogP contribution is -1.95. The van der Waals surface area contributed by atoms with Crippen LogP contribution in [-0.4, -0.2) is 16.7 Å². The van der Waals surface area contributed by atoms with Gasteiger partial charge in [-0.3, -0.25) is 4.79 Å². The molecule has 1 aromatic rings. The first-order valence-corrected chi connectivity index (χ1v) is 5.07. The Balaban J connectivity index is 0.000000583. The minimum Gasteiger partial charge on any atom is -0.483 e. The quantitative estimate of drug-likeness (QED) is 0.751. The largest absolute Gasteiger partial charge is 0.483 e. The average Bonchev–Trinajstić information content (AvgIpc) is 2.28. The van der Waals surface area contributed by atoms with Crippen molar-refractivity contribution in [2.24, 2.45) is 0 Å². The molecule has 0 heterocycles. The van der Waals surface area contributed by atoms with E-state index in [9.17, 15) is 5.11 Å². The molecule has 0 spiro atoms. The van der Waals surface area contributed by atoms with E-state index in [4.69, 9.17) is 9.90 Å². The molecule has 0 aliphatic carbocycles. The van der Waals surface area contributed by atoms with Gasteiger partial charge in [0, 0.05) is 0 Å². The van der Waals surface area contributed by atoms with E-state index in [1.165, 1.54) is 0 Å². The maximum atomic E-state index is 9.65. The number of aliphatic hydroxyl groups excluding tert-OH is 1. The summed E-state index contributed by atoms with van der Waals surface area (Å²) in [6, 6.07) is 9.84.